The first kappa shape index (κ1) is 80.3. The molecule has 9 heterocycles. The Kier molecular flexibility index (Phi) is 19.4. The van der Waals surface area contributed by atoms with E-state index in [9.17, 15) is 36.8 Å². The van der Waals surface area contributed by atoms with Crippen molar-refractivity contribution in [3.63, 3.8) is 0 Å². The van der Waals surface area contributed by atoms with Crippen molar-refractivity contribution in [3.8, 4) is 111 Å². The maximum atomic E-state index is 9.69. The highest BCUT2D eigenvalue weighted by molar-refractivity contribution is 6.16. The molecule has 9 aromatic heterocycles. The lowest BCUT2D eigenvalue weighted by Crippen LogP contribution is -2.04. The Balaban J connectivity index is 0.000000118. The number of hydrogen-bond acceptors (Lipinski definition) is 10. The SMILES string of the molecule is [C-]#[N+]c1ccccc1-c1cc(-n2c3ccccc3c3cc(C#N)ccc32)nc(-n2c3ccc(C#N)cc3c3cc(C#N)ccc32)c1.[C-]#[N+]c1ccccc1-c1cc(-n2c3ccccc3c3cc(C#N)ccc32)nc(-n2c3ccc(C)cc3c3cc(C#N)ccc32)c1.[C-]#[N+]c1ccccc1-c1cc(-n2c3ccccc3c3cc(C#N)ccc32)nc(-n2c3ccccc3c3cc(C#N)ccc32)c1. The predicted molar refractivity (Wildman–Crippen MR) is 532 cm³/mol. The van der Waals surface area contributed by atoms with E-state index in [1.165, 1.54) is 0 Å². The van der Waals surface area contributed by atoms with Crippen molar-refractivity contribution in [3.05, 3.63) is 431 Å². The van der Waals surface area contributed by atoms with Crippen molar-refractivity contribution in [2.24, 2.45) is 0 Å². The minimum atomic E-state index is 0.518. The zero-order valence-electron chi connectivity index (χ0n) is 71.5. The van der Waals surface area contributed by atoms with Gasteiger partial charge in [-0.05, 0) is 240 Å². The Morgan fingerprint density at radius 2 is 0.378 bits per heavy atom. The fourth-order valence-corrected chi connectivity index (χ4v) is 19.1. The predicted octanol–water partition coefficient (Wildman–Crippen LogP) is 27.9. The molecule has 0 radical (unpaired) electrons. The van der Waals surface area contributed by atoms with Crippen molar-refractivity contribution >= 4 is 148 Å². The van der Waals surface area contributed by atoms with Crippen molar-refractivity contribution in [1.29, 1.82) is 36.8 Å². The van der Waals surface area contributed by atoms with Crippen LogP contribution in [0.25, 0.3) is 214 Å². The molecule has 0 fully saturated rings. The number of aryl methyl sites for hydroxylation is 1. The molecule has 19 nitrogen and oxygen atoms in total. The molecular formula is C116H61N19. The van der Waals surface area contributed by atoms with Crippen LogP contribution in [-0.2, 0) is 0 Å². The van der Waals surface area contributed by atoms with Crippen LogP contribution in [0.2, 0.25) is 0 Å². The molecule has 0 aliphatic heterocycles. The average Bonchev–Trinajstić information content (AvgIpc) is 1.61. The molecule has 0 atom stereocenters. The lowest BCUT2D eigenvalue weighted by atomic mass is 10.0. The molecule has 135 heavy (non-hydrogen) atoms. The maximum absolute atomic E-state index is 9.69. The van der Waals surface area contributed by atoms with E-state index in [1.807, 2.05) is 284 Å². The first-order valence-electron chi connectivity index (χ1n) is 42.9. The molecule has 15 aromatic carbocycles. The summed E-state index contributed by atoms with van der Waals surface area (Å²) in [7, 11) is 0. The normalized spacial score (nSPS) is 11.1. The van der Waals surface area contributed by atoms with Crippen molar-refractivity contribution in [2.45, 2.75) is 6.92 Å². The third-order valence-electron chi connectivity index (χ3n) is 25.1. The van der Waals surface area contributed by atoms with Crippen LogP contribution < -0.4 is 0 Å². The Labute approximate surface area is 770 Å². The van der Waals surface area contributed by atoms with Gasteiger partial charge >= 0.3 is 0 Å². The van der Waals surface area contributed by atoms with Crippen LogP contribution in [0.3, 0.4) is 0 Å². The molecule has 24 aromatic rings. The van der Waals surface area contributed by atoms with Gasteiger partial charge in [0.05, 0.1) is 167 Å². The number of pyridine rings is 3. The molecule has 0 unspecified atom stereocenters. The number of nitrogens with zero attached hydrogens (tertiary/aromatic N) is 19. The molecule has 620 valence electrons. The summed E-state index contributed by atoms with van der Waals surface area (Å²) in [5.41, 5.74) is 22.7. The third-order valence-corrected chi connectivity index (χ3v) is 25.1. The number of hydrogen-bond donors (Lipinski definition) is 0. The van der Waals surface area contributed by atoms with Gasteiger partial charge in [0.2, 0.25) is 0 Å². The zero-order valence-corrected chi connectivity index (χ0v) is 71.5. The quantitative estimate of drug-likeness (QED) is 0.124. The van der Waals surface area contributed by atoms with Gasteiger partial charge in [0.25, 0.3) is 0 Å². The third kappa shape index (κ3) is 13.4. The van der Waals surface area contributed by atoms with E-state index in [0.29, 0.717) is 90.9 Å². The topological polar surface area (TPSA) is 248 Å². The molecule has 24 rings (SSSR count). The lowest BCUT2D eigenvalue weighted by molar-refractivity contribution is 1.01. The molecule has 0 spiro atoms. The summed E-state index contributed by atoms with van der Waals surface area (Å²) >= 11 is 0. The molecule has 0 aliphatic carbocycles. The van der Waals surface area contributed by atoms with E-state index < -0.39 is 0 Å². The van der Waals surface area contributed by atoms with E-state index in [2.05, 4.69) is 141 Å². The second-order valence-electron chi connectivity index (χ2n) is 32.6. The molecule has 0 bridgehead atoms. The van der Waals surface area contributed by atoms with Crippen LogP contribution >= 0.6 is 0 Å². The van der Waals surface area contributed by atoms with E-state index in [1.54, 1.807) is 18.2 Å². The number of benzene rings is 15. The average molecular weight is 1720 g/mol. The summed E-state index contributed by atoms with van der Waals surface area (Å²) in [4.78, 5) is 27.4. The number of fused-ring (bicyclic) bond motifs is 18. The second-order valence-corrected chi connectivity index (χ2v) is 32.6. The highest BCUT2D eigenvalue weighted by Crippen LogP contribution is 2.45. The van der Waals surface area contributed by atoms with Gasteiger partial charge in [0, 0.05) is 64.6 Å². The summed E-state index contributed by atoms with van der Waals surface area (Å²) in [5, 5.41) is 79.3. The standard InChI is InChI=1S/C39H19N7.C39H22N6.C38H20N6/c1-43-33-8-4-2-6-28(33)27-19-38(45-34-9-5-3-7-29(34)30-16-24(21-40)10-13-35(30)45)44-39(20-27)46-36-14-11-25(22-41)17-31(36)32-18-26(23-42)12-15-37(32)46;1-24-11-14-35-30(17-24)32-19-26(23-41)13-16-37(32)45(35)39-21-27(28-7-3-5-9-33(28)42-2)20-38(43-39)44-34-10-6-4-8-29(34)31-18-25(22-40)12-15-36(31)44;1-41-32-11-5-2-8-27(32)26-20-37(43-33-12-6-3-9-28(33)30-18-24(22-39)14-16-35(30)43)42-38(21-26)44-34-13-7-4-10-29(34)31-19-25(23-40)15-17-36(31)44/h2-20H;3-21H,1H3;2-21H. The van der Waals surface area contributed by atoms with Gasteiger partial charge < -0.3 is 0 Å². The van der Waals surface area contributed by atoms with Crippen LogP contribution in [0.5, 0.6) is 0 Å². The fraction of sp³-hybridized carbons (Fsp3) is 0.00862. The van der Waals surface area contributed by atoms with Crippen molar-refractivity contribution in [1.82, 2.24) is 42.4 Å². The summed E-state index contributed by atoms with van der Waals surface area (Å²) in [6.07, 6.45) is 0. The van der Waals surface area contributed by atoms with Gasteiger partial charge in [-0.2, -0.15) is 36.8 Å². The second kappa shape index (κ2) is 32.7. The van der Waals surface area contributed by atoms with E-state index in [-0.39, 0.29) is 0 Å². The summed E-state index contributed by atoms with van der Waals surface area (Å²) in [6.45, 7) is 25.7. The van der Waals surface area contributed by atoms with E-state index >= 15 is 0 Å². The molecule has 0 N–H and O–H groups in total. The number of para-hydroxylation sites is 7. The maximum Gasteiger partial charge on any atom is 0.194 e. The van der Waals surface area contributed by atoms with E-state index in [0.717, 1.165) is 170 Å². The molecule has 0 saturated carbocycles. The first-order chi connectivity index (χ1) is 66.4. The smallest absolute Gasteiger partial charge is 0.194 e. The van der Waals surface area contributed by atoms with Crippen LogP contribution in [0.4, 0.5) is 17.1 Å². The minimum absolute atomic E-state index is 0.518. The van der Waals surface area contributed by atoms with Crippen LogP contribution in [-0.4, -0.2) is 42.4 Å². The number of rotatable bonds is 9. The Morgan fingerprint density at radius 1 is 0.200 bits per heavy atom. The Hall–Kier alpha value is -20.5. The van der Waals surface area contributed by atoms with Crippen molar-refractivity contribution < 1.29 is 0 Å². The molecule has 0 amide bonds. The summed E-state index contributed by atoms with van der Waals surface area (Å²) in [5.74, 6) is 4.01. The molecular weight excluding hydrogens is 1660 g/mol. The number of nitriles is 7. The molecule has 19 heteroatoms. The first-order valence-corrected chi connectivity index (χ1v) is 42.9. The van der Waals surface area contributed by atoms with Crippen LogP contribution in [0, 0.1) is 106 Å². The summed E-state index contributed by atoms with van der Waals surface area (Å²) in [6, 6.07) is 129. The van der Waals surface area contributed by atoms with Gasteiger partial charge in [-0.15, -0.1) is 0 Å². The van der Waals surface area contributed by atoms with Crippen LogP contribution in [0.1, 0.15) is 44.5 Å². The Bertz CT molecular complexity index is 9550. The lowest BCUT2D eigenvalue weighted by Gasteiger charge is -2.15. The number of aromatic nitrogens is 9. The summed E-state index contributed by atoms with van der Waals surface area (Å²) < 4.78 is 12.7. The van der Waals surface area contributed by atoms with Crippen LogP contribution in [0.15, 0.2) is 352 Å². The van der Waals surface area contributed by atoms with Gasteiger partial charge in [-0.25, -0.2) is 29.5 Å². The highest BCUT2D eigenvalue weighted by Gasteiger charge is 2.26. The van der Waals surface area contributed by atoms with Gasteiger partial charge in [0.1, 0.15) is 34.9 Å². The largest absolute Gasteiger partial charge is 0.294 e. The monoisotopic (exact) mass is 1720 g/mol. The molecule has 0 aliphatic rings. The van der Waals surface area contributed by atoms with Crippen molar-refractivity contribution in [2.75, 3.05) is 0 Å². The van der Waals surface area contributed by atoms with Gasteiger partial charge in [-0.1, -0.05) is 157 Å². The van der Waals surface area contributed by atoms with E-state index in [4.69, 9.17) is 34.7 Å². The zero-order chi connectivity index (χ0) is 91.8. The minimum Gasteiger partial charge on any atom is -0.294 e. The highest BCUT2D eigenvalue weighted by atomic mass is 15.2. The van der Waals surface area contributed by atoms with Gasteiger partial charge in [-0.3, -0.25) is 27.4 Å². The Morgan fingerprint density at radius 3 is 0.593 bits per heavy atom. The van der Waals surface area contributed by atoms with Gasteiger partial charge in [0.15, 0.2) is 17.1 Å². The molecule has 0 saturated heterocycles. The fourth-order valence-electron chi connectivity index (χ4n) is 19.1.